The molecular formula is C32H59N7O24P2. The number of amides is 6. The largest absolute Gasteiger partial charge is 0.469 e. The molecule has 2 unspecified atom stereocenters. The first-order chi connectivity index (χ1) is 30.1. The van der Waals surface area contributed by atoms with Gasteiger partial charge in [0.25, 0.3) is 0 Å². The Morgan fingerprint density at radius 3 is 1.48 bits per heavy atom. The number of ether oxygens (including phenoxy) is 4. The van der Waals surface area contributed by atoms with Crippen LogP contribution in [0.3, 0.4) is 0 Å². The minimum Gasteiger partial charge on any atom is -0.387 e. The summed E-state index contributed by atoms with van der Waals surface area (Å²) in [5, 5.41) is 72.9. The summed E-state index contributed by atoms with van der Waals surface area (Å²) >= 11 is 0. The fraction of sp³-hybridized carbons (Fsp3) is 0.812. The number of phosphoric ester groups is 2. The van der Waals surface area contributed by atoms with Gasteiger partial charge in [0.05, 0.1) is 38.5 Å². The van der Waals surface area contributed by atoms with Crippen LogP contribution in [0.2, 0.25) is 0 Å². The zero-order chi connectivity index (χ0) is 49.6. The van der Waals surface area contributed by atoms with E-state index in [9.17, 15) is 68.5 Å². The summed E-state index contributed by atoms with van der Waals surface area (Å²) in [6, 6.07) is -4.67. The van der Waals surface area contributed by atoms with Gasteiger partial charge in [-0.05, 0) is 39.7 Å². The van der Waals surface area contributed by atoms with Crippen molar-refractivity contribution in [3.05, 3.63) is 0 Å². The Hall–Kier alpha value is -3.40. The monoisotopic (exact) mass is 987 g/mol. The van der Waals surface area contributed by atoms with Crippen molar-refractivity contribution >= 4 is 51.1 Å². The molecule has 0 radical (unpaired) electrons. The molecule has 0 aromatic heterocycles. The Labute approximate surface area is 369 Å². The molecule has 0 bridgehead atoms. The van der Waals surface area contributed by atoms with E-state index in [1.165, 1.54) is 13.8 Å². The highest BCUT2D eigenvalue weighted by molar-refractivity contribution is 7.46. The standard InChI is InChI=1S/C32H59N7O24P2/c1-12(60-31-26(47)24(45)22(43)16(62-31)10-58-64(52,53)54)20(28(34)49)39-19(42)9-35-29(50)15(6-4-5-7-33)38-18(41)8-36-30(51)21(37-14(3)40)13(2)61-32-27(48)25(46)23(44)17(63-32)11-59-65(55,56)57/h12-13,15-17,20-27,31-32,43-48H,4-11,33H2,1-3H3,(H2,34,49)(H,35,50)(H,36,51)(H,37,40)(H,38,41)(H,39,42)(H2,52,53,54)(H2,55,56,57)/t12?,13?,15-,16+,17+,20-,21-,22+,23+,24-,25-,26-,27-,31-,32-/m0/s1. The van der Waals surface area contributed by atoms with Crippen LogP contribution in [-0.2, 0) is 65.9 Å². The minimum absolute atomic E-state index is 0.0343. The average Bonchev–Trinajstić information content (AvgIpc) is 3.21. The van der Waals surface area contributed by atoms with Crippen molar-refractivity contribution in [1.82, 2.24) is 26.6 Å². The van der Waals surface area contributed by atoms with Crippen LogP contribution in [0.5, 0.6) is 0 Å². The van der Waals surface area contributed by atoms with Crippen molar-refractivity contribution in [3.8, 4) is 0 Å². The van der Waals surface area contributed by atoms with Gasteiger partial charge in [-0.2, -0.15) is 0 Å². The first kappa shape index (κ1) is 57.7. The van der Waals surface area contributed by atoms with Gasteiger partial charge in [-0.3, -0.25) is 37.8 Å². The van der Waals surface area contributed by atoms with Crippen LogP contribution in [0.15, 0.2) is 0 Å². The number of carbonyl (C=O) groups is 6. The van der Waals surface area contributed by atoms with Gasteiger partial charge >= 0.3 is 15.6 Å². The Kier molecular flexibility index (Phi) is 23.3. The number of aliphatic hydroxyl groups excluding tert-OH is 6. The van der Waals surface area contributed by atoms with Crippen molar-refractivity contribution in [1.29, 1.82) is 0 Å². The SMILES string of the molecule is CC(=O)N[C@H](C(=O)NCC(=O)N[C@@H](CCCCN)C(=O)NCC(=O)N[C@H](C(N)=O)C(C)O[C@H]1O[C@H](COP(=O)(O)O)[C@@H](O)[C@H](O)[C@@H]1O)C(C)O[C@H]1O[C@H](COP(=O)(O)O)[C@@H](O)[C@H](O)[C@@H]1O. The highest BCUT2D eigenvalue weighted by atomic mass is 31.2. The number of hydrogen-bond donors (Lipinski definition) is 17. The summed E-state index contributed by atoms with van der Waals surface area (Å²) in [6.07, 6.45) is -21.0. The van der Waals surface area contributed by atoms with Crippen LogP contribution < -0.4 is 38.1 Å². The van der Waals surface area contributed by atoms with Crippen LogP contribution in [-0.4, -0.2) is 210 Å². The summed E-state index contributed by atoms with van der Waals surface area (Å²) in [4.78, 5) is 112. The molecule has 0 saturated carbocycles. The van der Waals surface area contributed by atoms with Crippen molar-refractivity contribution in [2.45, 2.75) is 132 Å². The molecule has 0 aromatic carbocycles. The Bertz CT molecular complexity index is 1710. The Balaban J connectivity index is 2.05. The zero-order valence-electron chi connectivity index (χ0n) is 35.1. The van der Waals surface area contributed by atoms with Gasteiger partial charge in [0, 0.05) is 6.92 Å². The quantitative estimate of drug-likeness (QED) is 0.0283. The fourth-order valence-corrected chi connectivity index (χ4v) is 6.77. The van der Waals surface area contributed by atoms with Gasteiger partial charge in [0.1, 0.15) is 67.0 Å². The number of primary amides is 1. The van der Waals surface area contributed by atoms with E-state index in [4.69, 9.17) is 50.0 Å². The fourth-order valence-electron chi connectivity index (χ4n) is 6.09. The molecule has 31 nitrogen and oxygen atoms in total. The molecule has 65 heavy (non-hydrogen) atoms. The smallest absolute Gasteiger partial charge is 0.387 e. The van der Waals surface area contributed by atoms with E-state index in [0.717, 1.165) is 6.92 Å². The van der Waals surface area contributed by atoms with E-state index in [2.05, 4.69) is 35.6 Å². The minimum atomic E-state index is -5.06. The molecule has 15 atom stereocenters. The molecule has 2 saturated heterocycles. The Morgan fingerprint density at radius 2 is 1.06 bits per heavy atom. The predicted molar refractivity (Wildman–Crippen MR) is 210 cm³/mol. The van der Waals surface area contributed by atoms with Gasteiger partial charge in [0.2, 0.25) is 35.4 Å². The van der Waals surface area contributed by atoms with Crippen molar-refractivity contribution in [2.24, 2.45) is 11.5 Å². The van der Waals surface area contributed by atoms with Crippen LogP contribution in [0.4, 0.5) is 0 Å². The van der Waals surface area contributed by atoms with E-state index >= 15 is 0 Å². The molecule has 19 N–H and O–H groups in total. The maximum Gasteiger partial charge on any atom is 0.469 e. The summed E-state index contributed by atoms with van der Waals surface area (Å²) in [7, 11) is -10.1. The third-order valence-corrected chi connectivity index (χ3v) is 10.5. The van der Waals surface area contributed by atoms with E-state index in [1.54, 1.807) is 0 Å². The summed E-state index contributed by atoms with van der Waals surface area (Å²) in [5.74, 6) is -5.94. The number of phosphoric acid groups is 2. The highest BCUT2D eigenvalue weighted by Crippen LogP contribution is 2.38. The van der Waals surface area contributed by atoms with Gasteiger partial charge in [-0.15, -0.1) is 0 Å². The number of unbranched alkanes of at least 4 members (excludes halogenated alkanes) is 1. The number of carbonyl (C=O) groups excluding carboxylic acids is 6. The first-order valence-electron chi connectivity index (χ1n) is 19.6. The molecule has 2 heterocycles. The second kappa shape index (κ2) is 26.2. The third-order valence-electron chi connectivity index (χ3n) is 9.50. The van der Waals surface area contributed by atoms with Gasteiger partial charge in [0.15, 0.2) is 12.6 Å². The number of hydrogen-bond acceptors (Lipinski definition) is 21. The number of rotatable bonds is 26. The number of nitrogens with two attached hydrogens (primary N) is 2. The van der Waals surface area contributed by atoms with Crippen LogP contribution >= 0.6 is 15.6 Å². The van der Waals surface area contributed by atoms with E-state index in [1.807, 2.05) is 0 Å². The maximum absolute atomic E-state index is 13.2. The van der Waals surface area contributed by atoms with Crippen molar-refractivity contribution in [2.75, 3.05) is 32.8 Å². The number of aliphatic hydroxyl groups is 6. The topological polar surface area (TPSA) is 506 Å². The van der Waals surface area contributed by atoms with Crippen molar-refractivity contribution in [3.63, 3.8) is 0 Å². The molecule has 0 spiro atoms. The van der Waals surface area contributed by atoms with Crippen LogP contribution in [0.1, 0.15) is 40.0 Å². The molecule has 0 aromatic rings. The lowest BCUT2D eigenvalue weighted by molar-refractivity contribution is -0.310. The van der Waals surface area contributed by atoms with Crippen LogP contribution in [0.25, 0.3) is 0 Å². The summed E-state index contributed by atoms with van der Waals surface area (Å²) in [5.41, 5.74) is 11.0. The molecular weight excluding hydrogens is 928 g/mol. The molecule has 2 aliphatic heterocycles. The molecule has 0 aliphatic carbocycles. The molecule has 376 valence electrons. The molecule has 2 aliphatic rings. The maximum atomic E-state index is 13.2. The summed E-state index contributed by atoms with van der Waals surface area (Å²) < 4.78 is 52.4. The van der Waals surface area contributed by atoms with E-state index in [-0.39, 0.29) is 19.4 Å². The van der Waals surface area contributed by atoms with Gasteiger partial charge < -0.3 is 107 Å². The third kappa shape index (κ3) is 19.4. The van der Waals surface area contributed by atoms with E-state index in [0.29, 0.717) is 6.42 Å². The lowest BCUT2D eigenvalue weighted by Gasteiger charge is -2.41. The van der Waals surface area contributed by atoms with Crippen molar-refractivity contribution < 1.29 is 116 Å². The highest BCUT2D eigenvalue weighted by Gasteiger charge is 2.48. The molecule has 6 amide bonds. The molecule has 2 fully saturated rings. The van der Waals surface area contributed by atoms with E-state index < -0.39 is 169 Å². The summed E-state index contributed by atoms with van der Waals surface area (Å²) in [6.45, 7) is 0.0434. The lowest BCUT2D eigenvalue weighted by atomic mass is 9.99. The first-order valence-corrected chi connectivity index (χ1v) is 22.6. The Morgan fingerprint density at radius 1 is 0.631 bits per heavy atom. The second-order valence-electron chi connectivity index (χ2n) is 14.8. The normalized spacial score (nSPS) is 28.4. The molecule has 2 rings (SSSR count). The second-order valence-corrected chi connectivity index (χ2v) is 17.2. The lowest BCUT2D eigenvalue weighted by Crippen LogP contribution is -2.61. The van der Waals surface area contributed by atoms with Crippen LogP contribution in [0, 0.1) is 0 Å². The number of nitrogens with one attached hydrogen (secondary N) is 5. The zero-order valence-corrected chi connectivity index (χ0v) is 36.8. The van der Waals surface area contributed by atoms with Gasteiger partial charge in [-0.25, -0.2) is 9.13 Å². The molecule has 33 heteroatoms. The average molecular weight is 988 g/mol. The predicted octanol–water partition coefficient (Wildman–Crippen LogP) is -9.05. The van der Waals surface area contributed by atoms with Gasteiger partial charge in [-0.1, -0.05) is 0 Å².